The van der Waals surface area contributed by atoms with Crippen LogP contribution < -0.4 is 10.2 Å². The van der Waals surface area contributed by atoms with Gasteiger partial charge in [-0.2, -0.15) is 0 Å². The van der Waals surface area contributed by atoms with E-state index in [2.05, 4.69) is 55.4 Å². The Kier molecular flexibility index (Phi) is 5.63. The number of aromatic nitrogens is 2. The van der Waals surface area contributed by atoms with Crippen LogP contribution in [0.3, 0.4) is 0 Å². The third-order valence-corrected chi connectivity index (χ3v) is 5.52. The largest absolute Gasteiger partial charge is 0.354 e. The maximum atomic E-state index is 12.5. The topological polar surface area (TPSA) is 61.4 Å². The summed E-state index contributed by atoms with van der Waals surface area (Å²) in [7, 11) is 0. The molecule has 1 saturated carbocycles. The molecular formula is C21H27N5O. The molecule has 27 heavy (non-hydrogen) atoms. The van der Waals surface area contributed by atoms with Crippen molar-refractivity contribution >= 4 is 11.7 Å². The van der Waals surface area contributed by atoms with Crippen LogP contribution in [0.2, 0.25) is 0 Å². The van der Waals surface area contributed by atoms with E-state index in [1.807, 2.05) is 6.07 Å². The van der Waals surface area contributed by atoms with Gasteiger partial charge in [0.2, 0.25) is 0 Å². The minimum Gasteiger partial charge on any atom is -0.354 e. The van der Waals surface area contributed by atoms with Gasteiger partial charge in [-0.25, -0.2) is 9.97 Å². The standard InChI is InChI=1S/C21H27N5O/c27-21(24-18-8-4-5-9-18)19-14-20(23-16-22-19)26-12-10-25(11-13-26)15-17-6-2-1-3-7-17/h1-3,6-7,14,16,18H,4-5,8-13,15H2,(H,24,27). The molecule has 1 aliphatic heterocycles. The summed E-state index contributed by atoms with van der Waals surface area (Å²) in [6.07, 6.45) is 6.07. The summed E-state index contributed by atoms with van der Waals surface area (Å²) < 4.78 is 0. The molecule has 1 aromatic heterocycles. The Morgan fingerprint density at radius 3 is 2.52 bits per heavy atom. The van der Waals surface area contributed by atoms with Gasteiger partial charge in [0.15, 0.2) is 0 Å². The third kappa shape index (κ3) is 4.63. The molecule has 6 heteroatoms. The van der Waals surface area contributed by atoms with Crippen molar-refractivity contribution in [2.75, 3.05) is 31.1 Å². The SMILES string of the molecule is O=C(NC1CCCC1)c1cc(N2CCN(Cc3ccccc3)CC2)ncn1. The summed E-state index contributed by atoms with van der Waals surface area (Å²) in [5.74, 6) is 0.772. The quantitative estimate of drug-likeness (QED) is 0.882. The molecule has 0 bridgehead atoms. The predicted octanol–water partition coefficient (Wildman–Crippen LogP) is 2.47. The summed E-state index contributed by atoms with van der Waals surface area (Å²) in [6, 6.07) is 12.7. The van der Waals surface area contributed by atoms with Crippen molar-refractivity contribution in [2.24, 2.45) is 0 Å². The molecule has 6 nitrogen and oxygen atoms in total. The van der Waals surface area contributed by atoms with Crippen LogP contribution in [0.25, 0.3) is 0 Å². The highest BCUT2D eigenvalue weighted by Crippen LogP contribution is 2.19. The molecule has 1 saturated heterocycles. The van der Waals surface area contributed by atoms with Crippen LogP contribution in [0.4, 0.5) is 5.82 Å². The van der Waals surface area contributed by atoms with Crippen molar-refractivity contribution in [3.8, 4) is 0 Å². The summed E-state index contributed by atoms with van der Waals surface area (Å²) in [4.78, 5) is 25.8. The molecular weight excluding hydrogens is 338 g/mol. The van der Waals surface area contributed by atoms with Gasteiger partial charge in [0.1, 0.15) is 17.8 Å². The minimum atomic E-state index is -0.0757. The van der Waals surface area contributed by atoms with Gasteiger partial charge in [-0.15, -0.1) is 0 Å². The number of carbonyl (C=O) groups is 1. The summed E-state index contributed by atoms with van der Waals surface area (Å²) in [6.45, 7) is 4.78. The monoisotopic (exact) mass is 365 g/mol. The van der Waals surface area contributed by atoms with Gasteiger partial charge in [-0.1, -0.05) is 43.2 Å². The molecule has 4 rings (SSSR count). The van der Waals surface area contributed by atoms with Crippen molar-refractivity contribution in [3.05, 3.63) is 54.0 Å². The van der Waals surface area contributed by atoms with Crippen LogP contribution >= 0.6 is 0 Å². The van der Waals surface area contributed by atoms with Gasteiger partial charge in [0, 0.05) is 44.8 Å². The lowest BCUT2D eigenvalue weighted by atomic mass is 10.2. The molecule has 2 fully saturated rings. The number of amides is 1. The molecule has 142 valence electrons. The van der Waals surface area contributed by atoms with Crippen molar-refractivity contribution in [2.45, 2.75) is 38.3 Å². The first-order valence-electron chi connectivity index (χ1n) is 9.92. The molecule has 0 atom stereocenters. The zero-order valence-corrected chi connectivity index (χ0v) is 15.7. The summed E-state index contributed by atoms with van der Waals surface area (Å²) in [5.41, 5.74) is 1.82. The number of nitrogens with one attached hydrogen (secondary N) is 1. The van der Waals surface area contributed by atoms with E-state index in [0.717, 1.165) is 51.4 Å². The number of hydrogen-bond donors (Lipinski definition) is 1. The van der Waals surface area contributed by atoms with Crippen LogP contribution in [-0.4, -0.2) is 53.0 Å². The van der Waals surface area contributed by atoms with Crippen molar-refractivity contribution in [1.29, 1.82) is 0 Å². The van der Waals surface area contributed by atoms with Gasteiger partial charge in [-0.05, 0) is 18.4 Å². The number of piperazine rings is 1. The second-order valence-corrected chi connectivity index (χ2v) is 7.47. The molecule has 0 spiro atoms. The van der Waals surface area contributed by atoms with Crippen LogP contribution in [0.5, 0.6) is 0 Å². The van der Waals surface area contributed by atoms with Crippen LogP contribution in [0.1, 0.15) is 41.7 Å². The van der Waals surface area contributed by atoms with Crippen molar-refractivity contribution in [1.82, 2.24) is 20.2 Å². The van der Waals surface area contributed by atoms with Gasteiger partial charge >= 0.3 is 0 Å². The first-order chi connectivity index (χ1) is 13.3. The third-order valence-electron chi connectivity index (χ3n) is 5.52. The number of rotatable bonds is 5. The second kappa shape index (κ2) is 8.48. The fraction of sp³-hybridized carbons (Fsp3) is 0.476. The molecule has 2 aromatic rings. The Labute approximate surface area is 160 Å². The van der Waals surface area contributed by atoms with Gasteiger partial charge in [0.25, 0.3) is 5.91 Å². The highest BCUT2D eigenvalue weighted by molar-refractivity contribution is 5.93. The fourth-order valence-electron chi connectivity index (χ4n) is 3.95. The van der Waals surface area contributed by atoms with Crippen LogP contribution in [-0.2, 0) is 6.54 Å². The smallest absolute Gasteiger partial charge is 0.270 e. The van der Waals surface area contributed by atoms with Crippen LogP contribution in [0, 0.1) is 0 Å². The lowest BCUT2D eigenvalue weighted by Gasteiger charge is -2.35. The van der Waals surface area contributed by atoms with E-state index in [0.29, 0.717) is 11.7 Å². The van der Waals surface area contributed by atoms with Gasteiger partial charge in [0.05, 0.1) is 0 Å². The minimum absolute atomic E-state index is 0.0757. The summed E-state index contributed by atoms with van der Waals surface area (Å²) >= 11 is 0. The Bertz CT molecular complexity index is 752. The molecule has 0 unspecified atom stereocenters. The lowest BCUT2D eigenvalue weighted by molar-refractivity contribution is 0.0932. The molecule has 2 aliphatic rings. The van der Waals surface area contributed by atoms with E-state index in [9.17, 15) is 4.79 Å². The number of nitrogens with zero attached hydrogens (tertiary/aromatic N) is 4. The highest BCUT2D eigenvalue weighted by atomic mass is 16.1. The molecule has 1 aliphatic carbocycles. The Balaban J connectivity index is 1.33. The predicted molar refractivity (Wildman–Crippen MR) is 106 cm³/mol. The van der Waals surface area contributed by atoms with E-state index >= 15 is 0 Å². The summed E-state index contributed by atoms with van der Waals surface area (Å²) in [5, 5.41) is 3.10. The van der Waals surface area contributed by atoms with Gasteiger partial charge in [-0.3, -0.25) is 9.69 Å². The molecule has 1 N–H and O–H groups in total. The number of anilines is 1. The zero-order chi connectivity index (χ0) is 18.5. The maximum absolute atomic E-state index is 12.5. The van der Waals surface area contributed by atoms with E-state index in [1.54, 1.807) is 0 Å². The number of carbonyl (C=O) groups excluding carboxylic acids is 1. The van der Waals surface area contributed by atoms with Crippen LogP contribution in [0.15, 0.2) is 42.7 Å². The van der Waals surface area contributed by atoms with E-state index < -0.39 is 0 Å². The molecule has 0 radical (unpaired) electrons. The van der Waals surface area contributed by atoms with E-state index in [-0.39, 0.29) is 5.91 Å². The fourth-order valence-corrected chi connectivity index (χ4v) is 3.95. The number of benzene rings is 1. The lowest BCUT2D eigenvalue weighted by Crippen LogP contribution is -2.46. The Morgan fingerprint density at radius 1 is 1.04 bits per heavy atom. The second-order valence-electron chi connectivity index (χ2n) is 7.47. The average molecular weight is 365 g/mol. The molecule has 1 aromatic carbocycles. The average Bonchev–Trinajstić information content (AvgIpc) is 3.22. The number of hydrogen-bond acceptors (Lipinski definition) is 5. The van der Waals surface area contributed by atoms with E-state index in [4.69, 9.17) is 0 Å². The molecule has 1 amide bonds. The Morgan fingerprint density at radius 2 is 1.78 bits per heavy atom. The maximum Gasteiger partial charge on any atom is 0.270 e. The van der Waals surface area contributed by atoms with E-state index in [1.165, 1.54) is 24.7 Å². The first kappa shape index (κ1) is 17.9. The van der Waals surface area contributed by atoms with Crippen molar-refractivity contribution < 1.29 is 4.79 Å². The van der Waals surface area contributed by atoms with Gasteiger partial charge < -0.3 is 10.2 Å². The normalized spacial score (nSPS) is 18.6. The molecule has 2 heterocycles. The highest BCUT2D eigenvalue weighted by Gasteiger charge is 2.21. The zero-order valence-electron chi connectivity index (χ0n) is 15.7. The first-order valence-corrected chi connectivity index (χ1v) is 9.92. The van der Waals surface area contributed by atoms with Crippen molar-refractivity contribution in [3.63, 3.8) is 0 Å². The Hall–Kier alpha value is -2.47.